The number of nitrogens with zero attached hydrogens (tertiary/aromatic N) is 3. The van der Waals surface area contributed by atoms with Crippen LogP contribution in [-0.4, -0.2) is 15.0 Å². The van der Waals surface area contributed by atoms with E-state index in [0.717, 1.165) is 34.4 Å². The van der Waals surface area contributed by atoms with Crippen molar-refractivity contribution in [3.63, 3.8) is 0 Å². The first-order valence-corrected chi connectivity index (χ1v) is 9.03. The molecule has 0 aliphatic heterocycles. The van der Waals surface area contributed by atoms with Crippen molar-refractivity contribution in [3.05, 3.63) is 83.7 Å². The number of fused-ring (bicyclic) bond motifs is 2. The van der Waals surface area contributed by atoms with Gasteiger partial charge in [0.1, 0.15) is 5.82 Å². The summed E-state index contributed by atoms with van der Waals surface area (Å²) in [5.74, 6) is 1.51. The molecule has 2 aromatic carbocycles. The van der Waals surface area contributed by atoms with E-state index < -0.39 is 0 Å². The van der Waals surface area contributed by atoms with Gasteiger partial charge in [-0.15, -0.1) is 0 Å². The first-order valence-electron chi connectivity index (χ1n) is 9.03. The number of anilines is 2. The zero-order valence-corrected chi connectivity index (χ0v) is 15.0. The summed E-state index contributed by atoms with van der Waals surface area (Å²) < 4.78 is 0. The Morgan fingerprint density at radius 1 is 0.926 bits per heavy atom. The van der Waals surface area contributed by atoms with E-state index in [-0.39, 0.29) is 0 Å². The second-order valence-electron chi connectivity index (χ2n) is 6.69. The minimum atomic E-state index is 0.692. The summed E-state index contributed by atoms with van der Waals surface area (Å²) >= 11 is 0. The van der Waals surface area contributed by atoms with Gasteiger partial charge in [-0.3, -0.25) is 4.98 Å². The van der Waals surface area contributed by atoms with Crippen LogP contribution in [-0.2, 0) is 6.42 Å². The largest absolute Gasteiger partial charge is 0.339 e. The molecule has 0 bridgehead atoms. The maximum absolute atomic E-state index is 4.83. The minimum absolute atomic E-state index is 0.692. The van der Waals surface area contributed by atoms with Gasteiger partial charge in [0.25, 0.3) is 0 Å². The van der Waals surface area contributed by atoms with Gasteiger partial charge < -0.3 is 5.32 Å². The summed E-state index contributed by atoms with van der Waals surface area (Å²) in [6, 6.07) is 16.3. The molecule has 1 aliphatic rings. The molecule has 27 heavy (non-hydrogen) atoms. The molecule has 1 N–H and O–H groups in total. The molecule has 0 amide bonds. The van der Waals surface area contributed by atoms with Gasteiger partial charge in [-0.2, -0.15) is 0 Å². The predicted octanol–water partition coefficient (Wildman–Crippen LogP) is 5.31. The quantitative estimate of drug-likeness (QED) is 0.544. The Bertz CT molecular complexity index is 1180. The first kappa shape index (κ1) is 15.7. The average molecular weight is 350 g/mol. The molecule has 0 fully saturated rings. The van der Waals surface area contributed by atoms with Crippen LogP contribution in [0.3, 0.4) is 0 Å². The number of aromatic nitrogens is 3. The third kappa shape index (κ3) is 2.75. The average Bonchev–Trinajstić information content (AvgIpc) is 3.20. The number of pyridine rings is 1. The summed E-state index contributed by atoms with van der Waals surface area (Å²) in [5.41, 5.74) is 6.88. The molecule has 2 aromatic heterocycles. The van der Waals surface area contributed by atoms with Gasteiger partial charge in [-0.1, -0.05) is 30.4 Å². The van der Waals surface area contributed by atoms with Gasteiger partial charge in [-0.05, 0) is 60.4 Å². The van der Waals surface area contributed by atoms with E-state index in [2.05, 4.69) is 47.6 Å². The van der Waals surface area contributed by atoms with Crippen LogP contribution >= 0.6 is 0 Å². The van der Waals surface area contributed by atoms with Gasteiger partial charge in [-0.25, -0.2) is 9.97 Å². The summed E-state index contributed by atoms with van der Waals surface area (Å²) in [7, 11) is 0. The van der Waals surface area contributed by atoms with Crippen LogP contribution in [0.15, 0.2) is 67.0 Å². The topological polar surface area (TPSA) is 50.7 Å². The van der Waals surface area contributed by atoms with Gasteiger partial charge in [0, 0.05) is 29.0 Å². The first-order chi connectivity index (χ1) is 13.3. The van der Waals surface area contributed by atoms with Gasteiger partial charge >= 0.3 is 0 Å². The Morgan fingerprint density at radius 3 is 2.67 bits per heavy atom. The zero-order chi connectivity index (χ0) is 18.2. The maximum Gasteiger partial charge on any atom is 0.162 e. The van der Waals surface area contributed by atoms with Gasteiger partial charge in [0.2, 0.25) is 0 Å². The third-order valence-corrected chi connectivity index (χ3v) is 5.02. The molecule has 0 spiro atoms. The van der Waals surface area contributed by atoms with E-state index in [9.17, 15) is 0 Å². The lowest BCUT2D eigenvalue weighted by molar-refractivity contribution is 1.20. The second kappa shape index (κ2) is 6.32. The highest BCUT2D eigenvalue weighted by atomic mass is 15.0. The molecule has 0 atom stereocenters. The fourth-order valence-corrected chi connectivity index (χ4v) is 3.56. The summed E-state index contributed by atoms with van der Waals surface area (Å²) in [6.07, 6.45) is 8.95. The number of nitrogens with one attached hydrogen (secondary N) is 1. The zero-order valence-electron chi connectivity index (χ0n) is 15.0. The fraction of sp³-hybridized carbons (Fsp3) is 0.0870. The van der Waals surface area contributed by atoms with Crippen LogP contribution in [0.4, 0.5) is 11.5 Å². The Kier molecular flexibility index (Phi) is 3.68. The molecular weight excluding hydrogens is 332 g/mol. The van der Waals surface area contributed by atoms with Crippen molar-refractivity contribution in [2.24, 2.45) is 0 Å². The van der Waals surface area contributed by atoms with Crippen LogP contribution in [0.1, 0.15) is 16.7 Å². The molecule has 0 saturated heterocycles. The molecule has 0 unspecified atom stereocenters. The highest BCUT2D eigenvalue weighted by Crippen LogP contribution is 2.32. The van der Waals surface area contributed by atoms with Crippen molar-refractivity contribution in [1.29, 1.82) is 0 Å². The summed E-state index contributed by atoms with van der Waals surface area (Å²) in [4.78, 5) is 13.7. The van der Waals surface area contributed by atoms with Crippen LogP contribution < -0.4 is 5.32 Å². The highest BCUT2D eigenvalue weighted by Gasteiger charge is 2.14. The number of hydrogen-bond donors (Lipinski definition) is 1. The van der Waals surface area contributed by atoms with Crippen LogP contribution in [0.5, 0.6) is 0 Å². The van der Waals surface area contributed by atoms with Crippen molar-refractivity contribution in [1.82, 2.24) is 15.0 Å². The normalized spacial score (nSPS) is 12.3. The lowest BCUT2D eigenvalue weighted by atomic mass is 10.0. The number of benzene rings is 2. The molecule has 1 aliphatic carbocycles. The molecule has 130 valence electrons. The molecule has 4 heteroatoms. The van der Waals surface area contributed by atoms with Crippen molar-refractivity contribution >= 4 is 28.5 Å². The summed E-state index contributed by atoms with van der Waals surface area (Å²) in [5, 5.41) is 4.56. The van der Waals surface area contributed by atoms with E-state index >= 15 is 0 Å². The van der Waals surface area contributed by atoms with Crippen molar-refractivity contribution in [2.45, 2.75) is 13.3 Å². The van der Waals surface area contributed by atoms with Crippen molar-refractivity contribution < 1.29 is 0 Å². The highest BCUT2D eigenvalue weighted by molar-refractivity contribution is 5.92. The van der Waals surface area contributed by atoms with E-state index in [4.69, 9.17) is 9.97 Å². The van der Waals surface area contributed by atoms with Gasteiger partial charge in [0.05, 0.1) is 5.52 Å². The lowest BCUT2D eigenvalue weighted by Crippen LogP contribution is -2.02. The third-order valence-electron chi connectivity index (χ3n) is 5.02. The van der Waals surface area contributed by atoms with Gasteiger partial charge in [0.15, 0.2) is 5.82 Å². The van der Waals surface area contributed by atoms with E-state index in [1.807, 2.05) is 30.3 Å². The minimum Gasteiger partial charge on any atom is -0.339 e. The maximum atomic E-state index is 4.83. The Hall–Kier alpha value is -3.53. The Balaban J connectivity index is 1.66. The monoisotopic (exact) mass is 350 g/mol. The van der Waals surface area contributed by atoms with Crippen LogP contribution in [0.2, 0.25) is 0 Å². The standard InChI is InChI=1S/C23H18N4/c1-15-18-7-4-5-16(18)9-10-20(15)25-23-19-6-2-3-8-21(19)26-22(27-23)17-11-13-24-14-12-17/h2-4,6-14H,5H2,1H3,(H,25,26,27). The Morgan fingerprint density at radius 2 is 1.78 bits per heavy atom. The number of allylic oxidation sites excluding steroid dienone is 1. The molecule has 4 aromatic rings. The molecular formula is C23H18N4. The fourth-order valence-electron chi connectivity index (χ4n) is 3.56. The Labute approximate surface area is 157 Å². The van der Waals surface area contributed by atoms with E-state index in [1.54, 1.807) is 12.4 Å². The molecule has 5 rings (SSSR count). The van der Waals surface area contributed by atoms with Crippen LogP contribution in [0.25, 0.3) is 28.4 Å². The lowest BCUT2D eigenvalue weighted by Gasteiger charge is -2.15. The van der Waals surface area contributed by atoms with Crippen molar-refractivity contribution in [2.75, 3.05) is 5.32 Å². The van der Waals surface area contributed by atoms with E-state index in [1.165, 1.54) is 16.7 Å². The second-order valence-corrected chi connectivity index (χ2v) is 6.69. The summed E-state index contributed by atoms with van der Waals surface area (Å²) in [6.45, 7) is 2.16. The van der Waals surface area contributed by atoms with E-state index in [0.29, 0.717) is 5.82 Å². The number of rotatable bonds is 3. The molecule has 4 nitrogen and oxygen atoms in total. The molecule has 2 heterocycles. The molecule has 0 radical (unpaired) electrons. The number of hydrogen-bond acceptors (Lipinski definition) is 4. The predicted molar refractivity (Wildman–Crippen MR) is 110 cm³/mol. The SMILES string of the molecule is Cc1c(Nc2nc(-c3ccncc3)nc3ccccc23)ccc2c1C=CC2. The van der Waals surface area contributed by atoms with Crippen molar-refractivity contribution in [3.8, 4) is 11.4 Å². The van der Waals surface area contributed by atoms with Crippen LogP contribution in [0, 0.1) is 6.92 Å². The molecule has 0 saturated carbocycles. The smallest absolute Gasteiger partial charge is 0.162 e. The number of para-hydroxylation sites is 1.